The summed E-state index contributed by atoms with van der Waals surface area (Å²) in [7, 11) is 0. The van der Waals surface area contributed by atoms with Crippen molar-refractivity contribution in [1.82, 2.24) is 10.6 Å². The average Bonchev–Trinajstić information content (AvgIpc) is 3.09. The third-order valence-corrected chi connectivity index (χ3v) is 3.84. The van der Waals surface area contributed by atoms with Crippen molar-refractivity contribution < 1.29 is 0 Å². The van der Waals surface area contributed by atoms with Gasteiger partial charge in [-0.2, -0.15) is 0 Å². The van der Waals surface area contributed by atoms with E-state index in [2.05, 4.69) is 32.6 Å². The van der Waals surface area contributed by atoms with Gasteiger partial charge in [0.25, 0.3) is 0 Å². The summed E-state index contributed by atoms with van der Waals surface area (Å²) in [5, 5.41) is 7.72. The van der Waals surface area contributed by atoms with E-state index in [1.54, 1.807) is 0 Å². The molecule has 0 aliphatic heterocycles. The Balaban J connectivity index is 1.60. The standard InChI is InChI=1S/C13H18BrClN2/c14-13-8-11(15)3-2-10(13)9-16-6-1-7-17-12-4-5-12/h2-3,8,12,16-17H,1,4-7,9H2. The van der Waals surface area contributed by atoms with Gasteiger partial charge >= 0.3 is 0 Å². The molecule has 1 aliphatic carbocycles. The lowest BCUT2D eigenvalue weighted by atomic mass is 10.2. The van der Waals surface area contributed by atoms with Crippen LogP contribution in [-0.2, 0) is 6.54 Å². The summed E-state index contributed by atoms with van der Waals surface area (Å²) in [6.07, 6.45) is 3.91. The fourth-order valence-electron chi connectivity index (χ4n) is 1.70. The summed E-state index contributed by atoms with van der Waals surface area (Å²) in [6, 6.07) is 6.74. The number of hydrogen-bond donors (Lipinski definition) is 2. The van der Waals surface area contributed by atoms with Crippen LogP contribution in [0.5, 0.6) is 0 Å². The summed E-state index contributed by atoms with van der Waals surface area (Å²) in [5.41, 5.74) is 1.25. The van der Waals surface area contributed by atoms with Gasteiger partial charge in [-0.1, -0.05) is 33.6 Å². The Morgan fingerprint density at radius 1 is 1.29 bits per heavy atom. The molecule has 2 nitrogen and oxygen atoms in total. The molecule has 0 saturated heterocycles. The van der Waals surface area contributed by atoms with E-state index in [-0.39, 0.29) is 0 Å². The van der Waals surface area contributed by atoms with E-state index < -0.39 is 0 Å². The van der Waals surface area contributed by atoms with Crippen molar-refractivity contribution in [3.05, 3.63) is 33.3 Å². The number of rotatable bonds is 7. The molecule has 0 bridgehead atoms. The zero-order valence-electron chi connectivity index (χ0n) is 9.81. The molecular formula is C13H18BrClN2. The lowest BCUT2D eigenvalue weighted by Crippen LogP contribution is -2.23. The molecule has 17 heavy (non-hydrogen) atoms. The number of halogens is 2. The van der Waals surface area contributed by atoms with Gasteiger partial charge in [0.05, 0.1) is 0 Å². The van der Waals surface area contributed by atoms with Gasteiger partial charge in [0.1, 0.15) is 0 Å². The van der Waals surface area contributed by atoms with E-state index in [1.807, 2.05) is 12.1 Å². The molecule has 0 unspecified atom stereocenters. The predicted octanol–water partition coefficient (Wildman–Crippen LogP) is 3.33. The Kier molecular flexibility index (Phi) is 5.29. The normalized spacial score (nSPS) is 15.2. The molecule has 1 aromatic carbocycles. The van der Waals surface area contributed by atoms with Crippen molar-refractivity contribution >= 4 is 27.5 Å². The third kappa shape index (κ3) is 4.96. The first-order valence-corrected chi connectivity index (χ1v) is 7.31. The van der Waals surface area contributed by atoms with E-state index in [9.17, 15) is 0 Å². The molecule has 94 valence electrons. The van der Waals surface area contributed by atoms with Crippen molar-refractivity contribution in [1.29, 1.82) is 0 Å². The van der Waals surface area contributed by atoms with E-state index in [0.29, 0.717) is 0 Å². The smallest absolute Gasteiger partial charge is 0.0417 e. The Bertz CT molecular complexity index is 366. The lowest BCUT2D eigenvalue weighted by Gasteiger charge is -2.07. The van der Waals surface area contributed by atoms with Gasteiger partial charge in [-0.05, 0) is 50.0 Å². The molecule has 0 radical (unpaired) electrons. The third-order valence-electron chi connectivity index (χ3n) is 2.87. The molecular weight excluding hydrogens is 300 g/mol. The van der Waals surface area contributed by atoms with Crippen LogP contribution < -0.4 is 10.6 Å². The molecule has 2 rings (SSSR count). The second kappa shape index (κ2) is 6.74. The summed E-state index contributed by atoms with van der Waals surface area (Å²) in [4.78, 5) is 0. The molecule has 1 aliphatic rings. The molecule has 2 N–H and O–H groups in total. The molecule has 0 atom stereocenters. The number of benzene rings is 1. The van der Waals surface area contributed by atoms with Crippen LogP contribution in [0.25, 0.3) is 0 Å². The average molecular weight is 318 g/mol. The first-order chi connectivity index (χ1) is 8.25. The highest BCUT2D eigenvalue weighted by Crippen LogP contribution is 2.21. The van der Waals surface area contributed by atoms with Crippen LogP contribution in [0.4, 0.5) is 0 Å². The predicted molar refractivity (Wildman–Crippen MR) is 76.5 cm³/mol. The quantitative estimate of drug-likeness (QED) is 0.754. The van der Waals surface area contributed by atoms with Gasteiger partial charge in [0, 0.05) is 22.1 Å². The highest BCUT2D eigenvalue weighted by molar-refractivity contribution is 9.10. The second-order valence-corrected chi connectivity index (χ2v) is 5.79. The largest absolute Gasteiger partial charge is 0.314 e. The summed E-state index contributed by atoms with van der Waals surface area (Å²) in [5.74, 6) is 0. The molecule has 0 amide bonds. The van der Waals surface area contributed by atoms with Gasteiger partial charge < -0.3 is 10.6 Å². The minimum Gasteiger partial charge on any atom is -0.314 e. The Labute approximate surface area is 116 Å². The topological polar surface area (TPSA) is 24.1 Å². The maximum atomic E-state index is 5.90. The van der Waals surface area contributed by atoms with Crippen molar-refractivity contribution in [3.63, 3.8) is 0 Å². The Morgan fingerprint density at radius 3 is 2.82 bits per heavy atom. The Hall–Kier alpha value is -0.0900. The summed E-state index contributed by atoms with van der Waals surface area (Å²) < 4.78 is 1.08. The van der Waals surface area contributed by atoms with E-state index in [1.165, 1.54) is 24.8 Å². The first kappa shape index (κ1) is 13.3. The van der Waals surface area contributed by atoms with Crippen molar-refractivity contribution in [2.75, 3.05) is 13.1 Å². The van der Waals surface area contributed by atoms with Gasteiger partial charge in [-0.25, -0.2) is 0 Å². The van der Waals surface area contributed by atoms with E-state index in [4.69, 9.17) is 11.6 Å². The molecule has 0 heterocycles. The zero-order valence-corrected chi connectivity index (χ0v) is 12.1. The zero-order chi connectivity index (χ0) is 12.1. The lowest BCUT2D eigenvalue weighted by molar-refractivity contribution is 0.593. The van der Waals surface area contributed by atoms with Crippen LogP contribution in [0.15, 0.2) is 22.7 Å². The van der Waals surface area contributed by atoms with Crippen LogP contribution in [0, 0.1) is 0 Å². The van der Waals surface area contributed by atoms with Gasteiger partial charge in [0.2, 0.25) is 0 Å². The van der Waals surface area contributed by atoms with Gasteiger partial charge in [0.15, 0.2) is 0 Å². The monoisotopic (exact) mass is 316 g/mol. The van der Waals surface area contributed by atoms with E-state index >= 15 is 0 Å². The number of hydrogen-bond acceptors (Lipinski definition) is 2. The fourth-order valence-corrected chi connectivity index (χ4v) is 2.52. The highest BCUT2D eigenvalue weighted by Gasteiger charge is 2.19. The van der Waals surface area contributed by atoms with Crippen LogP contribution in [0.3, 0.4) is 0 Å². The highest BCUT2D eigenvalue weighted by atomic mass is 79.9. The summed E-state index contributed by atoms with van der Waals surface area (Å²) in [6.45, 7) is 3.06. The summed E-state index contributed by atoms with van der Waals surface area (Å²) >= 11 is 9.42. The first-order valence-electron chi connectivity index (χ1n) is 6.14. The Morgan fingerprint density at radius 2 is 2.12 bits per heavy atom. The van der Waals surface area contributed by atoms with Crippen LogP contribution in [0.2, 0.25) is 5.02 Å². The van der Waals surface area contributed by atoms with Crippen LogP contribution in [-0.4, -0.2) is 19.1 Å². The molecule has 0 aromatic heterocycles. The molecule has 1 saturated carbocycles. The minimum absolute atomic E-state index is 0.772. The SMILES string of the molecule is Clc1ccc(CNCCCNC2CC2)c(Br)c1. The molecule has 1 fully saturated rings. The minimum atomic E-state index is 0.772. The van der Waals surface area contributed by atoms with Gasteiger partial charge in [-0.15, -0.1) is 0 Å². The van der Waals surface area contributed by atoms with Crippen molar-refractivity contribution in [2.24, 2.45) is 0 Å². The van der Waals surface area contributed by atoms with Crippen LogP contribution in [0.1, 0.15) is 24.8 Å². The van der Waals surface area contributed by atoms with E-state index in [0.717, 1.165) is 35.2 Å². The van der Waals surface area contributed by atoms with Crippen molar-refractivity contribution in [2.45, 2.75) is 31.8 Å². The fraction of sp³-hybridized carbons (Fsp3) is 0.538. The maximum absolute atomic E-state index is 5.90. The molecule has 0 spiro atoms. The maximum Gasteiger partial charge on any atom is 0.0417 e. The van der Waals surface area contributed by atoms with Crippen LogP contribution >= 0.6 is 27.5 Å². The number of nitrogens with one attached hydrogen (secondary N) is 2. The van der Waals surface area contributed by atoms with Gasteiger partial charge in [-0.3, -0.25) is 0 Å². The van der Waals surface area contributed by atoms with Crippen molar-refractivity contribution in [3.8, 4) is 0 Å². The second-order valence-electron chi connectivity index (χ2n) is 4.49. The molecule has 4 heteroatoms. The molecule has 1 aromatic rings.